The number of aryl methyl sites for hydroxylation is 1. The van der Waals surface area contributed by atoms with Crippen LogP contribution >= 0.6 is 0 Å². The van der Waals surface area contributed by atoms with Gasteiger partial charge in [-0.2, -0.15) is 5.10 Å². The fraction of sp³-hybridized carbons (Fsp3) is 0.357. The summed E-state index contributed by atoms with van der Waals surface area (Å²) in [5.41, 5.74) is 2.43. The summed E-state index contributed by atoms with van der Waals surface area (Å²) in [6, 6.07) is 10.5. The van der Waals surface area contributed by atoms with Crippen LogP contribution in [0.25, 0.3) is 0 Å². The predicted octanol–water partition coefficient (Wildman–Crippen LogP) is 1.93. The van der Waals surface area contributed by atoms with Crippen LogP contribution in [-0.2, 0) is 13.5 Å². The highest BCUT2D eigenvalue weighted by Crippen LogP contribution is 2.20. The second-order valence-electron chi connectivity index (χ2n) is 4.28. The third-order valence-corrected chi connectivity index (χ3v) is 3.14. The average molecular weight is 245 g/mol. The minimum Gasteiger partial charge on any atom is -0.497 e. The Morgan fingerprint density at radius 1 is 1.39 bits per heavy atom. The quantitative estimate of drug-likeness (QED) is 0.875. The largest absolute Gasteiger partial charge is 0.497 e. The van der Waals surface area contributed by atoms with Gasteiger partial charge in [-0.3, -0.25) is 4.68 Å². The fourth-order valence-electron chi connectivity index (χ4n) is 2.12. The monoisotopic (exact) mass is 245 g/mol. The standard InChI is InChI=1S/C14H19N3O/c1-15-13(14-7-8-16-17(14)2)10-11-5-4-6-12(9-11)18-3/h4-9,13,15H,10H2,1-3H3. The Bertz CT molecular complexity index is 507. The summed E-state index contributed by atoms with van der Waals surface area (Å²) in [4.78, 5) is 0. The van der Waals surface area contributed by atoms with E-state index in [-0.39, 0.29) is 6.04 Å². The van der Waals surface area contributed by atoms with Gasteiger partial charge >= 0.3 is 0 Å². The van der Waals surface area contributed by atoms with Crippen LogP contribution in [0.1, 0.15) is 17.3 Å². The molecule has 4 nitrogen and oxygen atoms in total. The molecule has 0 saturated heterocycles. The molecule has 1 aromatic heterocycles. The molecule has 2 rings (SSSR count). The molecular weight excluding hydrogens is 226 g/mol. The summed E-state index contributed by atoms with van der Waals surface area (Å²) >= 11 is 0. The van der Waals surface area contributed by atoms with Crippen LogP contribution in [0.2, 0.25) is 0 Å². The average Bonchev–Trinajstić information content (AvgIpc) is 2.82. The lowest BCUT2D eigenvalue weighted by atomic mass is 10.0. The number of benzene rings is 1. The number of rotatable bonds is 5. The molecule has 0 aliphatic heterocycles. The van der Waals surface area contributed by atoms with Crippen molar-refractivity contribution < 1.29 is 4.74 Å². The first-order valence-corrected chi connectivity index (χ1v) is 6.02. The van der Waals surface area contributed by atoms with E-state index in [9.17, 15) is 0 Å². The molecule has 1 N–H and O–H groups in total. The molecule has 0 radical (unpaired) electrons. The number of nitrogens with one attached hydrogen (secondary N) is 1. The number of hydrogen-bond acceptors (Lipinski definition) is 3. The van der Waals surface area contributed by atoms with Gasteiger partial charge in [0.2, 0.25) is 0 Å². The maximum atomic E-state index is 5.25. The van der Waals surface area contributed by atoms with Crippen LogP contribution in [0, 0.1) is 0 Å². The Labute approximate surface area is 108 Å². The van der Waals surface area contributed by atoms with Gasteiger partial charge in [0.05, 0.1) is 18.8 Å². The normalized spacial score (nSPS) is 12.4. The topological polar surface area (TPSA) is 39.1 Å². The second-order valence-corrected chi connectivity index (χ2v) is 4.28. The summed E-state index contributed by atoms with van der Waals surface area (Å²) < 4.78 is 7.15. The number of hydrogen-bond donors (Lipinski definition) is 1. The molecule has 0 aliphatic carbocycles. The highest BCUT2D eigenvalue weighted by molar-refractivity contribution is 5.29. The van der Waals surface area contributed by atoms with E-state index < -0.39 is 0 Å². The van der Waals surface area contributed by atoms with Gasteiger partial charge in [-0.25, -0.2) is 0 Å². The molecule has 1 aromatic carbocycles. The Kier molecular flexibility index (Phi) is 3.99. The summed E-state index contributed by atoms with van der Waals surface area (Å²) in [6.07, 6.45) is 2.73. The second kappa shape index (κ2) is 5.69. The molecule has 1 heterocycles. The van der Waals surface area contributed by atoms with E-state index in [4.69, 9.17) is 4.74 Å². The van der Waals surface area contributed by atoms with Crippen molar-refractivity contribution in [3.05, 3.63) is 47.8 Å². The number of methoxy groups -OCH3 is 1. The number of likely N-dealkylation sites (N-methyl/N-ethyl adjacent to an activating group) is 1. The van der Waals surface area contributed by atoms with Crippen molar-refractivity contribution in [1.82, 2.24) is 15.1 Å². The maximum Gasteiger partial charge on any atom is 0.119 e. The van der Waals surface area contributed by atoms with Crippen LogP contribution in [-0.4, -0.2) is 23.9 Å². The molecule has 96 valence electrons. The molecule has 1 atom stereocenters. The highest BCUT2D eigenvalue weighted by Gasteiger charge is 2.13. The Morgan fingerprint density at radius 3 is 2.83 bits per heavy atom. The van der Waals surface area contributed by atoms with E-state index in [2.05, 4.69) is 22.5 Å². The Balaban J connectivity index is 2.18. The summed E-state index contributed by atoms with van der Waals surface area (Å²) in [5, 5.41) is 7.54. The molecule has 4 heteroatoms. The van der Waals surface area contributed by atoms with Crippen LogP contribution < -0.4 is 10.1 Å². The molecule has 0 saturated carbocycles. The summed E-state index contributed by atoms with van der Waals surface area (Å²) in [5.74, 6) is 0.896. The van der Waals surface area contributed by atoms with E-state index in [1.165, 1.54) is 11.3 Å². The van der Waals surface area contributed by atoms with E-state index in [0.717, 1.165) is 12.2 Å². The molecular formula is C14H19N3O. The number of ether oxygens (including phenoxy) is 1. The lowest BCUT2D eigenvalue weighted by molar-refractivity contribution is 0.414. The van der Waals surface area contributed by atoms with E-state index in [1.54, 1.807) is 7.11 Å². The van der Waals surface area contributed by atoms with Crippen molar-refractivity contribution in [3.8, 4) is 5.75 Å². The van der Waals surface area contributed by atoms with Crippen molar-refractivity contribution in [2.24, 2.45) is 7.05 Å². The molecule has 2 aromatic rings. The lowest BCUT2D eigenvalue weighted by Gasteiger charge is -2.17. The molecule has 0 bridgehead atoms. The van der Waals surface area contributed by atoms with Crippen LogP contribution in [0.3, 0.4) is 0 Å². The SMILES string of the molecule is CNC(Cc1cccc(OC)c1)c1ccnn1C. The Morgan fingerprint density at radius 2 is 2.22 bits per heavy atom. The molecule has 0 aliphatic rings. The maximum absolute atomic E-state index is 5.25. The van der Waals surface area contributed by atoms with Gasteiger partial charge < -0.3 is 10.1 Å². The van der Waals surface area contributed by atoms with Crippen LogP contribution in [0.5, 0.6) is 5.75 Å². The molecule has 0 spiro atoms. The fourth-order valence-corrected chi connectivity index (χ4v) is 2.12. The zero-order valence-corrected chi connectivity index (χ0v) is 11.1. The van der Waals surface area contributed by atoms with E-state index in [0.29, 0.717) is 0 Å². The first kappa shape index (κ1) is 12.6. The zero-order valence-electron chi connectivity index (χ0n) is 11.1. The first-order valence-electron chi connectivity index (χ1n) is 6.02. The number of aromatic nitrogens is 2. The van der Waals surface area contributed by atoms with E-state index in [1.807, 2.05) is 43.2 Å². The van der Waals surface area contributed by atoms with Gasteiger partial charge in [0.25, 0.3) is 0 Å². The summed E-state index contributed by atoms with van der Waals surface area (Å²) in [7, 11) is 5.62. The number of nitrogens with zero attached hydrogens (tertiary/aromatic N) is 2. The van der Waals surface area contributed by atoms with Gasteiger partial charge in [-0.15, -0.1) is 0 Å². The van der Waals surface area contributed by atoms with Crippen LogP contribution in [0.4, 0.5) is 0 Å². The van der Waals surface area contributed by atoms with Crippen molar-refractivity contribution in [2.75, 3.05) is 14.2 Å². The van der Waals surface area contributed by atoms with Gasteiger partial charge in [0, 0.05) is 13.2 Å². The third kappa shape index (κ3) is 2.71. The zero-order chi connectivity index (χ0) is 13.0. The molecule has 18 heavy (non-hydrogen) atoms. The third-order valence-electron chi connectivity index (χ3n) is 3.14. The van der Waals surface area contributed by atoms with Gasteiger partial charge in [-0.05, 0) is 37.2 Å². The predicted molar refractivity (Wildman–Crippen MR) is 71.7 cm³/mol. The smallest absolute Gasteiger partial charge is 0.119 e. The Hall–Kier alpha value is -1.81. The summed E-state index contributed by atoms with van der Waals surface area (Å²) in [6.45, 7) is 0. The van der Waals surface area contributed by atoms with Crippen molar-refractivity contribution in [3.63, 3.8) is 0 Å². The van der Waals surface area contributed by atoms with Crippen molar-refractivity contribution in [2.45, 2.75) is 12.5 Å². The lowest BCUT2D eigenvalue weighted by Crippen LogP contribution is -2.21. The first-order chi connectivity index (χ1) is 8.74. The minimum absolute atomic E-state index is 0.254. The van der Waals surface area contributed by atoms with Crippen molar-refractivity contribution >= 4 is 0 Å². The van der Waals surface area contributed by atoms with Crippen LogP contribution in [0.15, 0.2) is 36.5 Å². The van der Waals surface area contributed by atoms with Gasteiger partial charge in [-0.1, -0.05) is 12.1 Å². The molecule has 0 fully saturated rings. The van der Waals surface area contributed by atoms with Gasteiger partial charge in [0.1, 0.15) is 5.75 Å². The van der Waals surface area contributed by atoms with Crippen molar-refractivity contribution in [1.29, 1.82) is 0 Å². The molecule has 0 amide bonds. The van der Waals surface area contributed by atoms with Gasteiger partial charge in [0.15, 0.2) is 0 Å². The highest BCUT2D eigenvalue weighted by atomic mass is 16.5. The minimum atomic E-state index is 0.254. The molecule has 1 unspecified atom stereocenters. The van der Waals surface area contributed by atoms with E-state index >= 15 is 0 Å².